The quantitative estimate of drug-likeness (QED) is 0.145. The number of rotatable bonds is 18. The second-order valence-electron chi connectivity index (χ2n) is 7.88. The van der Waals surface area contributed by atoms with Crippen LogP contribution in [0.3, 0.4) is 0 Å². The summed E-state index contributed by atoms with van der Waals surface area (Å²) in [5.41, 5.74) is -0.512. The number of ether oxygens (including phenoxy) is 1. The Hall–Kier alpha value is 0.537. The summed E-state index contributed by atoms with van der Waals surface area (Å²) in [6.45, 7) is 6.36. The van der Waals surface area contributed by atoms with Gasteiger partial charge in [0.05, 0.1) is 0 Å². The number of carboxylic acid groups (broad SMARTS) is 1. The van der Waals surface area contributed by atoms with Crippen LogP contribution in [-0.2, 0) is 14.3 Å². The Morgan fingerprint density at radius 1 is 0.750 bits per heavy atom. The van der Waals surface area contributed by atoms with Gasteiger partial charge in [0.2, 0.25) is 0 Å². The molecule has 1 unspecified atom stereocenters. The van der Waals surface area contributed by atoms with E-state index in [2.05, 4.69) is 13.8 Å². The van der Waals surface area contributed by atoms with E-state index in [0.717, 1.165) is 44.9 Å². The molecular formula is C22H44LiNaO4. The van der Waals surface area contributed by atoms with Gasteiger partial charge < -0.3 is 9.84 Å². The van der Waals surface area contributed by atoms with Gasteiger partial charge in [0.1, 0.15) is 12.0 Å². The summed E-state index contributed by atoms with van der Waals surface area (Å²) in [6.07, 6.45) is 17.2. The second kappa shape index (κ2) is 22.2. The molecule has 0 fully saturated rings. The van der Waals surface area contributed by atoms with Crippen LogP contribution in [0.4, 0.5) is 0 Å². The molecule has 0 aliphatic rings. The van der Waals surface area contributed by atoms with Crippen molar-refractivity contribution in [3.63, 3.8) is 0 Å². The van der Waals surface area contributed by atoms with Crippen LogP contribution >= 0.6 is 0 Å². The first-order chi connectivity index (χ1) is 12.4. The summed E-state index contributed by atoms with van der Waals surface area (Å²) >= 11 is 0. The number of esters is 1. The van der Waals surface area contributed by atoms with Crippen LogP contribution in [0.2, 0.25) is 0 Å². The SMILES string of the molecule is CCCCCCCCCCCCC(C)(CCCCC)OC(=O)CC(=O)O.[LiH].[NaH]. The Kier molecular flexibility index (Phi) is 26.3. The second-order valence-corrected chi connectivity index (χ2v) is 7.88. The molecule has 0 aromatic carbocycles. The zero-order chi connectivity index (χ0) is 19.7. The number of carbonyl (C=O) groups is 2. The van der Waals surface area contributed by atoms with Crippen molar-refractivity contribution in [3.8, 4) is 0 Å². The molecule has 158 valence electrons. The van der Waals surface area contributed by atoms with Crippen LogP contribution in [-0.4, -0.2) is 71.1 Å². The van der Waals surface area contributed by atoms with E-state index in [-0.39, 0.29) is 48.4 Å². The first kappa shape index (κ1) is 33.2. The number of carboxylic acids is 1. The van der Waals surface area contributed by atoms with E-state index in [1.54, 1.807) is 0 Å². The summed E-state index contributed by atoms with van der Waals surface area (Å²) in [4.78, 5) is 22.5. The molecule has 0 spiro atoms. The minimum atomic E-state index is -1.12. The van der Waals surface area contributed by atoms with Crippen LogP contribution in [0, 0.1) is 0 Å². The monoisotopic (exact) mass is 402 g/mol. The van der Waals surface area contributed by atoms with Crippen molar-refractivity contribution in [1.82, 2.24) is 0 Å². The first-order valence-electron chi connectivity index (χ1n) is 10.9. The van der Waals surface area contributed by atoms with Crippen molar-refractivity contribution in [2.75, 3.05) is 0 Å². The summed E-state index contributed by atoms with van der Waals surface area (Å²) in [5, 5.41) is 8.76. The van der Waals surface area contributed by atoms with Crippen LogP contribution in [0.5, 0.6) is 0 Å². The molecule has 0 aromatic rings. The van der Waals surface area contributed by atoms with Gasteiger partial charge in [-0.05, 0) is 32.6 Å². The van der Waals surface area contributed by atoms with Crippen molar-refractivity contribution >= 4 is 60.4 Å². The molecule has 0 heterocycles. The van der Waals surface area contributed by atoms with Crippen molar-refractivity contribution in [3.05, 3.63) is 0 Å². The van der Waals surface area contributed by atoms with E-state index >= 15 is 0 Å². The third-order valence-electron chi connectivity index (χ3n) is 5.02. The van der Waals surface area contributed by atoms with Gasteiger partial charge in [-0.1, -0.05) is 84.5 Å². The van der Waals surface area contributed by atoms with Gasteiger partial charge in [0, 0.05) is 0 Å². The third-order valence-corrected chi connectivity index (χ3v) is 5.02. The van der Waals surface area contributed by atoms with Gasteiger partial charge in [-0.15, -0.1) is 0 Å². The van der Waals surface area contributed by atoms with E-state index in [4.69, 9.17) is 9.84 Å². The number of carbonyl (C=O) groups excluding carboxylic acids is 1. The van der Waals surface area contributed by atoms with E-state index < -0.39 is 24.0 Å². The summed E-state index contributed by atoms with van der Waals surface area (Å²) < 4.78 is 5.56. The third kappa shape index (κ3) is 21.3. The van der Waals surface area contributed by atoms with Crippen molar-refractivity contribution < 1.29 is 19.4 Å². The molecule has 1 N–H and O–H groups in total. The molecule has 0 aliphatic heterocycles. The maximum absolute atomic E-state index is 11.8. The molecule has 0 amide bonds. The molecule has 0 aromatic heterocycles. The molecular weight excluding hydrogens is 358 g/mol. The number of unbranched alkanes of at least 4 members (excludes halogenated alkanes) is 11. The van der Waals surface area contributed by atoms with Crippen molar-refractivity contribution in [2.24, 2.45) is 0 Å². The number of hydrogen-bond donors (Lipinski definition) is 1. The molecule has 0 bridgehead atoms. The maximum atomic E-state index is 11.8. The Morgan fingerprint density at radius 3 is 1.54 bits per heavy atom. The van der Waals surface area contributed by atoms with Gasteiger partial charge in [-0.2, -0.15) is 0 Å². The van der Waals surface area contributed by atoms with Gasteiger partial charge in [0.15, 0.2) is 0 Å². The molecule has 0 aliphatic carbocycles. The molecule has 4 nitrogen and oxygen atoms in total. The van der Waals surface area contributed by atoms with E-state index in [9.17, 15) is 9.59 Å². The fraction of sp³-hybridized carbons (Fsp3) is 0.909. The summed E-state index contributed by atoms with van der Waals surface area (Å²) in [6, 6.07) is 0. The molecule has 6 heteroatoms. The normalized spacial score (nSPS) is 12.4. The fourth-order valence-electron chi connectivity index (χ4n) is 3.40. The van der Waals surface area contributed by atoms with E-state index in [0.29, 0.717) is 0 Å². The predicted octanol–water partition coefficient (Wildman–Crippen LogP) is 5.36. The fourth-order valence-corrected chi connectivity index (χ4v) is 3.40. The summed E-state index contributed by atoms with van der Waals surface area (Å²) in [5.74, 6) is -1.73. The van der Waals surface area contributed by atoms with Crippen molar-refractivity contribution in [2.45, 2.75) is 129 Å². The van der Waals surface area contributed by atoms with Gasteiger partial charge in [-0.25, -0.2) is 0 Å². The molecule has 28 heavy (non-hydrogen) atoms. The first-order valence-corrected chi connectivity index (χ1v) is 10.9. The average molecular weight is 403 g/mol. The topological polar surface area (TPSA) is 63.6 Å². The van der Waals surface area contributed by atoms with Crippen LogP contribution < -0.4 is 0 Å². The van der Waals surface area contributed by atoms with E-state index in [1.807, 2.05) is 6.92 Å². The standard InChI is InChI=1S/C22H42O4.Li.Na.2H/c1-4-6-8-9-10-11-12-13-14-16-18-22(3,17-15-7-5-2)26-21(25)19-20(23)24;;;;/h4-19H2,1-3H3,(H,23,24);;;;. The molecule has 0 rings (SSSR count). The molecule has 0 saturated heterocycles. The zero-order valence-electron chi connectivity index (χ0n) is 17.5. The minimum absolute atomic E-state index is 0. The van der Waals surface area contributed by atoms with Crippen LogP contribution in [0.1, 0.15) is 124 Å². The van der Waals surface area contributed by atoms with Crippen LogP contribution in [0.25, 0.3) is 0 Å². The Balaban J connectivity index is -0.00000312. The van der Waals surface area contributed by atoms with Crippen LogP contribution in [0.15, 0.2) is 0 Å². The summed E-state index contributed by atoms with van der Waals surface area (Å²) in [7, 11) is 0. The molecule has 0 radical (unpaired) electrons. The Morgan fingerprint density at radius 2 is 1.11 bits per heavy atom. The van der Waals surface area contributed by atoms with Crippen molar-refractivity contribution in [1.29, 1.82) is 0 Å². The Labute approximate surface area is 207 Å². The van der Waals surface area contributed by atoms with Gasteiger partial charge in [0.25, 0.3) is 0 Å². The average Bonchev–Trinajstić information content (AvgIpc) is 2.56. The van der Waals surface area contributed by atoms with Gasteiger partial charge >= 0.3 is 60.4 Å². The number of hydrogen-bond acceptors (Lipinski definition) is 3. The predicted molar refractivity (Wildman–Crippen MR) is 122 cm³/mol. The Bertz CT molecular complexity index is 380. The van der Waals surface area contributed by atoms with Gasteiger partial charge in [-0.3, -0.25) is 9.59 Å². The van der Waals surface area contributed by atoms with E-state index in [1.165, 1.54) is 51.4 Å². The molecule has 1 atom stereocenters. The number of aliphatic carboxylic acids is 1. The molecule has 0 saturated carbocycles. The zero-order valence-corrected chi connectivity index (χ0v) is 17.5.